The molecule has 0 aliphatic carbocycles. The van der Waals surface area contributed by atoms with Gasteiger partial charge in [-0.05, 0) is 42.5 Å². The minimum atomic E-state index is -0.0115. The van der Waals surface area contributed by atoms with Crippen molar-refractivity contribution in [2.45, 2.75) is 51.5 Å². The maximum atomic E-state index is 12.7. The molecule has 0 aromatic heterocycles. The van der Waals surface area contributed by atoms with Crippen molar-refractivity contribution in [3.63, 3.8) is 0 Å². The van der Waals surface area contributed by atoms with E-state index in [4.69, 9.17) is 9.47 Å². The van der Waals surface area contributed by atoms with E-state index in [0.717, 1.165) is 29.9 Å². The number of hydrogen-bond donors (Lipinski definition) is 1. The molecule has 0 unspecified atom stereocenters. The van der Waals surface area contributed by atoms with E-state index in [-0.39, 0.29) is 17.9 Å². The number of ether oxygens (including phenoxy) is 2. The fourth-order valence-corrected chi connectivity index (χ4v) is 3.91. The van der Waals surface area contributed by atoms with Crippen LogP contribution in [0.3, 0.4) is 0 Å². The molecule has 2 amide bonds. The number of nitrogens with one attached hydrogen (secondary N) is 1. The van der Waals surface area contributed by atoms with E-state index >= 15 is 0 Å². The molecule has 0 bridgehead atoms. The average Bonchev–Trinajstić information content (AvgIpc) is 2.80. The van der Waals surface area contributed by atoms with E-state index in [1.165, 1.54) is 5.56 Å². The molecule has 1 aliphatic heterocycles. The summed E-state index contributed by atoms with van der Waals surface area (Å²) in [6.45, 7) is 5.96. The highest BCUT2D eigenvalue weighted by atomic mass is 16.5. The fraction of sp³-hybridized carbons (Fsp3) is 0.462. The number of carbonyl (C=O) groups excluding carboxylic acids is 2. The molecular weight excluding hydrogens is 404 g/mol. The van der Waals surface area contributed by atoms with Gasteiger partial charge in [0.15, 0.2) is 0 Å². The predicted octanol–water partition coefficient (Wildman–Crippen LogP) is 3.94. The average molecular weight is 439 g/mol. The van der Waals surface area contributed by atoms with Crippen LogP contribution < -0.4 is 14.8 Å². The molecule has 6 nitrogen and oxygen atoms in total. The lowest BCUT2D eigenvalue weighted by molar-refractivity contribution is -0.131. The Morgan fingerprint density at radius 2 is 1.75 bits per heavy atom. The first-order valence-corrected chi connectivity index (χ1v) is 11.4. The molecule has 3 rings (SSSR count). The summed E-state index contributed by atoms with van der Waals surface area (Å²) in [5.41, 5.74) is 2.16. The van der Waals surface area contributed by atoms with Crippen LogP contribution in [-0.4, -0.2) is 49.6 Å². The van der Waals surface area contributed by atoms with Gasteiger partial charge >= 0.3 is 0 Å². The second-order valence-electron chi connectivity index (χ2n) is 8.53. The zero-order valence-corrected chi connectivity index (χ0v) is 19.3. The fourth-order valence-electron chi connectivity index (χ4n) is 3.91. The van der Waals surface area contributed by atoms with Crippen molar-refractivity contribution in [3.05, 3.63) is 59.7 Å². The van der Waals surface area contributed by atoms with Gasteiger partial charge in [0.1, 0.15) is 11.5 Å². The lowest BCUT2D eigenvalue weighted by Crippen LogP contribution is -2.47. The summed E-state index contributed by atoms with van der Waals surface area (Å²) < 4.78 is 11.0. The van der Waals surface area contributed by atoms with Crippen molar-refractivity contribution in [2.75, 3.05) is 26.8 Å². The first-order chi connectivity index (χ1) is 15.5. The molecule has 2 aromatic rings. The minimum Gasteiger partial charge on any atom is -0.496 e. The Hall–Kier alpha value is -3.02. The Balaban J connectivity index is 1.36. The summed E-state index contributed by atoms with van der Waals surface area (Å²) in [6, 6.07) is 15.7. The molecule has 0 spiro atoms. The molecule has 0 atom stereocenters. The standard InChI is InChI=1S/C26H34N2O4/c1-19(2)20-8-10-23(11-9-20)32-17-14-25(29)27-22-12-15-28(16-13-22)26(30)18-21-6-4-5-7-24(21)31-3/h4-11,19,22H,12-18H2,1-3H3,(H,27,29). The molecule has 6 heteroatoms. The van der Waals surface area contributed by atoms with E-state index in [9.17, 15) is 9.59 Å². The largest absolute Gasteiger partial charge is 0.496 e. The van der Waals surface area contributed by atoms with Gasteiger partial charge in [-0.25, -0.2) is 0 Å². The second kappa shape index (κ2) is 11.6. The van der Waals surface area contributed by atoms with E-state index in [1.807, 2.05) is 41.3 Å². The maximum absolute atomic E-state index is 12.7. The van der Waals surface area contributed by atoms with Crippen LogP contribution in [0, 0.1) is 0 Å². The van der Waals surface area contributed by atoms with Crippen LogP contribution in [0.25, 0.3) is 0 Å². The van der Waals surface area contributed by atoms with E-state index in [1.54, 1.807) is 7.11 Å². The van der Waals surface area contributed by atoms with Crippen molar-refractivity contribution in [3.8, 4) is 11.5 Å². The summed E-state index contributed by atoms with van der Waals surface area (Å²) in [7, 11) is 1.62. The van der Waals surface area contributed by atoms with E-state index in [0.29, 0.717) is 38.5 Å². The summed E-state index contributed by atoms with van der Waals surface area (Å²) in [5, 5.41) is 3.08. The Morgan fingerprint density at radius 1 is 1.06 bits per heavy atom. The lowest BCUT2D eigenvalue weighted by Gasteiger charge is -2.32. The van der Waals surface area contributed by atoms with Crippen LogP contribution in [0.5, 0.6) is 11.5 Å². The number of hydrogen-bond acceptors (Lipinski definition) is 4. The number of rotatable bonds is 9. The van der Waals surface area contributed by atoms with Crippen molar-refractivity contribution in [1.82, 2.24) is 10.2 Å². The molecule has 172 valence electrons. The number of carbonyl (C=O) groups is 2. The second-order valence-corrected chi connectivity index (χ2v) is 8.53. The van der Waals surface area contributed by atoms with Crippen molar-refractivity contribution >= 4 is 11.8 Å². The van der Waals surface area contributed by atoms with Crippen LogP contribution in [-0.2, 0) is 16.0 Å². The molecule has 2 aromatic carbocycles. The SMILES string of the molecule is COc1ccccc1CC(=O)N1CCC(NC(=O)CCOc2ccc(C(C)C)cc2)CC1. The van der Waals surface area contributed by atoms with Crippen molar-refractivity contribution < 1.29 is 19.1 Å². The van der Waals surface area contributed by atoms with Crippen molar-refractivity contribution in [2.24, 2.45) is 0 Å². The lowest BCUT2D eigenvalue weighted by atomic mass is 10.0. The number of likely N-dealkylation sites (tertiary alicyclic amines) is 1. The quantitative estimate of drug-likeness (QED) is 0.644. The summed E-state index contributed by atoms with van der Waals surface area (Å²) in [4.78, 5) is 26.8. The third-order valence-electron chi connectivity index (χ3n) is 5.89. The van der Waals surface area contributed by atoms with Crippen LogP contribution in [0.2, 0.25) is 0 Å². The van der Waals surface area contributed by atoms with Gasteiger partial charge in [0.25, 0.3) is 0 Å². The molecule has 1 aliphatic rings. The monoisotopic (exact) mass is 438 g/mol. The summed E-state index contributed by atoms with van der Waals surface area (Å²) in [6.07, 6.45) is 2.18. The van der Waals surface area contributed by atoms with E-state index in [2.05, 4.69) is 31.3 Å². The topological polar surface area (TPSA) is 67.9 Å². The number of para-hydroxylation sites is 1. The molecule has 32 heavy (non-hydrogen) atoms. The zero-order chi connectivity index (χ0) is 22.9. The highest BCUT2D eigenvalue weighted by Crippen LogP contribution is 2.20. The highest BCUT2D eigenvalue weighted by Gasteiger charge is 2.24. The molecule has 1 fully saturated rings. The number of piperidine rings is 1. The molecule has 1 N–H and O–H groups in total. The number of nitrogens with zero attached hydrogens (tertiary/aromatic N) is 1. The molecule has 0 radical (unpaired) electrons. The van der Waals surface area contributed by atoms with Crippen molar-refractivity contribution in [1.29, 1.82) is 0 Å². The summed E-state index contributed by atoms with van der Waals surface area (Å²) in [5.74, 6) is 2.08. The third kappa shape index (κ3) is 6.74. The predicted molar refractivity (Wildman–Crippen MR) is 125 cm³/mol. The number of benzene rings is 2. The van der Waals surface area contributed by atoms with Gasteiger partial charge in [0, 0.05) is 24.7 Å². The van der Waals surface area contributed by atoms with Gasteiger partial charge in [-0.1, -0.05) is 44.2 Å². The van der Waals surface area contributed by atoms with Gasteiger partial charge in [-0.15, -0.1) is 0 Å². The van der Waals surface area contributed by atoms with Gasteiger partial charge < -0.3 is 19.7 Å². The van der Waals surface area contributed by atoms with Gasteiger partial charge in [0.05, 0.1) is 26.6 Å². The highest BCUT2D eigenvalue weighted by molar-refractivity contribution is 5.80. The van der Waals surface area contributed by atoms with Gasteiger partial charge in [-0.3, -0.25) is 9.59 Å². The van der Waals surface area contributed by atoms with Crippen LogP contribution in [0.4, 0.5) is 0 Å². The number of amides is 2. The Morgan fingerprint density at radius 3 is 2.41 bits per heavy atom. The van der Waals surface area contributed by atoms with Crippen LogP contribution in [0.1, 0.15) is 50.2 Å². The molecular formula is C26H34N2O4. The maximum Gasteiger partial charge on any atom is 0.227 e. The molecule has 0 saturated carbocycles. The van der Waals surface area contributed by atoms with Crippen LogP contribution >= 0.6 is 0 Å². The Labute approximate surface area is 190 Å². The third-order valence-corrected chi connectivity index (χ3v) is 5.89. The van der Waals surface area contributed by atoms with Gasteiger partial charge in [0.2, 0.25) is 11.8 Å². The molecule has 1 saturated heterocycles. The summed E-state index contributed by atoms with van der Waals surface area (Å²) >= 11 is 0. The first-order valence-electron chi connectivity index (χ1n) is 11.4. The minimum absolute atomic E-state index is 0.0115. The normalized spacial score (nSPS) is 14.3. The Bertz CT molecular complexity index is 887. The zero-order valence-electron chi connectivity index (χ0n) is 19.3. The number of methoxy groups -OCH3 is 1. The van der Waals surface area contributed by atoms with Gasteiger partial charge in [-0.2, -0.15) is 0 Å². The smallest absolute Gasteiger partial charge is 0.227 e. The molecule has 1 heterocycles. The van der Waals surface area contributed by atoms with Crippen LogP contribution in [0.15, 0.2) is 48.5 Å². The Kier molecular flexibility index (Phi) is 8.54. The first kappa shape index (κ1) is 23.6. The van der Waals surface area contributed by atoms with E-state index < -0.39 is 0 Å².